The summed E-state index contributed by atoms with van der Waals surface area (Å²) in [6.45, 7) is 11.9. The van der Waals surface area contributed by atoms with Crippen molar-refractivity contribution in [2.45, 2.75) is 104 Å². The molecule has 2 N–H and O–H groups in total. The highest BCUT2D eigenvalue weighted by atomic mass is 16.6. The van der Waals surface area contributed by atoms with E-state index >= 15 is 0 Å². The van der Waals surface area contributed by atoms with Crippen molar-refractivity contribution in [2.24, 2.45) is 52.3 Å². The minimum Gasteiger partial charge on any atom is -0.449 e. The highest BCUT2D eigenvalue weighted by Crippen LogP contribution is 2.69. The zero-order valence-corrected chi connectivity index (χ0v) is 22.0. The maximum Gasteiger partial charge on any atom is 0.409 e. The molecule has 5 aliphatic rings. The van der Waals surface area contributed by atoms with Gasteiger partial charge in [0.05, 0.1) is 18.8 Å². The molecule has 5 fully saturated rings. The summed E-state index contributed by atoms with van der Waals surface area (Å²) in [7, 11) is 0. The number of carbonyl (C=O) groups excluding carboxylic acids is 1. The summed E-state index contributed by atoms with van der Waals surface area (Å²) >= 11 is 0. The van der Waals surface area contributed by atoms with Crippen molar-refractivity contribution >= 4 is 6.09 Å². The zero-order chi connectivity index (χ0) is 24.3. The average molecular weight is 476 g/mol. The van der Waals surface area contributed by atoms with Crippen LogP contribution in [0.4, 0.5) is 4.79 Å². The number of aliphatic hydroxyl groups is 2. The first-order valence-electron chi connectivity index (χ1n) is 14.5. The summed E-state index contributed by atoms with van der Waals surface area (Å²) in [5.74, 6) is 3.55. The summed E-state index contributed by atoms with van der Waals surface area (Å²) in [6.07, 6.45) is 10.4. The van der Waals surface area contributed by atoms with Crippen molar-refractivity contribution in [3.05, 3.63) is 0 Å². The Hall–Kier alpha value is -0.810. The summed E-state index contributed by atoms with van der Waals surface area (Å²) in [4.78, 5) is 13.9. The number of ether oxygens (including phenoxy) is 1. The zero-order valence-electron chi connectivity index (χ0n) is 22.0. The van der Waals surface area contributed by atoms with E-state index in [4.69, 9.17) is 4.74 Å². The average Bonchev–Trinajstić information content (AvgIpc) is 3.11. The van der Waals surface area contributed by atoms with Crippen LogP contribution in [0.15, 0.2) is 0 Å². The van der Waals surface area contributed by atoms with E-state index in [1.54, 1.807) is 4.90 Å². The molecular weight excluding hydrogens is 426 g/mol. The van der Waals surface area contributed by atoms with E-state index in [0.29, 0.717) is 48.0 Å². The Balaban J connectivity index is 1.30. The monoisotopic (exact) mass is 475 g/mol. The summed E-state index contributed by atoms with van der Waals surface area (Å²) in [5, 5.41) is 22.3. The van der Waals surface area contributed by atoms with E-state index in [0.717, 1.165) is 51.6 Å². The molecule has 0 aromatic rings. The van der Waals surface area contributed by atoms with Crippen LogP contribution in [-0.4, -0.2) is 53.1 Å². The summed E-state index contributed by atoms with van der Waals surface area (Å²) < 4.78 is 5.58. The number of rotatable bonds is 5. The molecular formula is C29H49NO4. The molecule has 5 heteroatoms. The number of likely N-dealkylation sites (tertiary alicyclic amines) is 1. The lowest BCUT2D eigenvalue weighted by Gasteiger charge is -2.64. The van der Waals surface area contributed by atoms with Crippen LogP contribution in [0.25, 0.3) is 0 Å². The van der Waals surface area contributed by atoms with Gasteiger partial charge in [-0.15, -0.1) is 0 Å². The third kappa shape index (κ3) is 3.83. The molecule has 11 atom stereocenters. The second kappa shape index (κ2) is 9.25. The molecule has 4 aliphatic carbocycles. The van der Waals surface area contributed by atoms with Gasteiger partial charge in [-0.1, -0.05) is 34.1 Å². The smallest absolute Gasteiger partial charge is 0.409 e. The maximum absolute atomic E-state index is 12.1. The minimum absolute atomic E-state index is 0.134. The fourth-order valence-corrected chi connectivity index (χ4v) is 10.1. The summed E-state index contributed by atoms with van der Waals surface area (Å²) in [6, 6.07) is 0. The molecule has 0 spiro atoms. The van der Waals surface area contributed by atoms with Gasteiger partial charge in [-0.3, -0.25) is 0 Å². The van der Waals surface area contributed by atoms with Crippen LogP contribution in [0.5, 0.6) is 0 Å². The number of carbonyl (C=O) groups is 1. The predicted octanol–water partition coefficient (Wildman–Crippen LogP) is 5.48. The minimum atomic E-state index is -0.227. The Labute approximate surface area is 207 Å². The first-order chi connectivity index (χ1) is 16.2. The molecule has 1 amide bonds. The van der Waals surface area contributed by atoms with Crippen molar-refractivity contribution in [1.29, 1.82) is 0 Å². The molecule has 0 bridgehead atoms. The molecule has 34 heavy (non-hydrogen) atoms. The lowest BCUT2D eigenvalue weighted by Crippen LogP contribution is -2.62. The first kappa shape index (κ1) is 24.9. The molecule has 5 rings (SSSR count). The summed E-state index contributed by atoms with van der Waals surface area (Å²) in [5.41, 5.74) is 0.540. The van der Waals surface area contributed by atoms with Crippen LogP contribution in [0.2, 0.25) is 0 Å². The molecule has 5 nitrogen and oxygen atoms in total. The van der Waals surface area contributed by atoms with E-state index < -0.39 is 0 Å². The molecule has 0 radical (unpaired) electrons. The highest BCUT2D eigenvalue weighted by Gasteiger charge is 2.64. The molecule has 1 saturated heterocycles. The molecule has 194 valence electrons. The van der Waals surface area contributed by atoms with Crippen molar-refractivity contribution in [3.8, 4) is 0 Å². The van der Waals surface area contributed by atoms with Crippen molar-refractivity contribution < 1.29 is 19.7 Å². The Morgan fingerprint density at radius 3 is 2.41 bits per heavy atom. The van der Waals surface area contributed by atoms with E-state index in [-0.39, 0.29) is 29.1 Å². The van der Waals surface area contributed by atoms with Gasteiger partial charge in [0.1, 0.15) is 0 Å². The normalized spacial score (nSPS) is 48.8. The van der Waals surface area contributed by atoms with Gasteiger partial charge in [-0.2, -0.15) is 0 Å². The Kier molecular flexibility index (Phi) is 6.76. The van der Waals surface area contributed by atoms with Gasteiger partial charge < -0.3 is 19.8 Å². The molecule has 4 saturated carbocycles. The number of nitrogens with zero attached hydrogens (tertiary/aromatic N) is 1. The van der Waals surface area contributed by atoms with E-state index in [9.17, 15) is 15.0 Å². The highest BCUT2D eigenvalue weighted by molar-refractivity contribution is 5.68. The second-order valence-corrected chi connectivity index (χ2v) is 13.3. The van der Waals surface area contributed by atoms with Gasteiger partial charge in [-0.05, 0) is 110 Å². The van der Waals surface area contributed by atoms with Crippen molar-refractivity contribution in [1.82, 2.24) is 4.90 Å². The first-order valence-corrected chi connectivity index (χ1v) is 14.5. The van der Waals surface area contributed by atoms with Crippen LogP contribution in [0, 0.1) is 52.3 Å². The van der Waals surface area contributed by atoms with E-state index in [1.165, 1.54) is 25.7 Å². The fourth-order valence-electron chi connectivity index (χ4n) is 10.1. The van der Waals surface area contributed by atoms with Gasteiger partial charge in [0.15, 0.2) is 0 Å². The maximum atomic E-state index is 12.1. The number of aliphatic hydroxyl groups excluding tert-OH is 2. The Bertz CT molecular complexity index is 754. The Morgan fingerprint density at radius 2 is 1.74 bits per heavy atom. The van der Waals surface area contributed by atoms with Gasteiger partial charge in [0.25, 0.3) is 0 Å². The third-order valence-corrected chi connectivity index (χ3v) is 12.1. The van der Waals surface area contributed by atoms with Gasteiger partial charge in [0.2, 0.25) is 0 Å². The van der Waals surface area contributed by atoms with Crippen molar-refractivity contribution in [3.63, 3.8) is 0 Å². The predicted molar refractivity (Wildman–Crippen MR) is 133 cm³/mol. The number of hydrogen-bond acceptors (Lipinski definition) is 4. The standard InChI is InChI=1S/C29H49NO4/c1-5-20-24-17-19(31)9-12-29(24,4)23-10-13-28(3)21(7-8-22(28)25(23)26(20)32)18(2)11-16-34-27(33)30-14-6-15-30/h18-26,31-32H,5-17H2,1-4H3/t18-,19-,20-,21-,22+,23+,24+,25?,26-,28?,29-/m1/s1. The fraction of sp³-hybridized carbons (Fsp3) is 0.966. The lowest BCUT2D eigenvalue weighted by atomic mass is 9.41. The Morgan fingerprint density at radius 1 is 1.03 bits per heavy atom. The van der Waals surface area contributed by atoms with Gasteiger partial charge in [-0.25, -0.2) is 4.79 Å². The number of hydrogen-bond donors (Lipinski definition) is 2. The topological polar surface area (TPSA) is 70.0 Å². The van der Waals surface area contributed by atoms with Gasteiger partial charge in [0, 0.05) is 13.1 Å². The van der Waals surface area contributed by atoms with Crippen LogP contribution in [-0.2, 0) is 4.74 Å². The molecule has 0 aromatic carbocycles. The van der Waals surface area contributed by atoms with Crippen LogP contribution < -0.4 is 0 Å². The lowest BCUT2D eigenvalue weighted by molar-refractivity contribution is -0.203. The third-order valence-electron chi connectivity index (χ3n) is 12.1. The largest absolute Gasteiger partial charge is 0.449 e. The van der Waals surface area contributed by atoms with Crippen LogP contribution in [0.1, 0.15) is 91.9 Å². The van der Waals surface area contributed by atoms with Crippen LogP contribution in [0.3, 0.4) is 0 Å². The van der Waals surface area contributed by atoms with E-state index in [2.05, 4.69) is 27.7 Å². The van der Waals surface area contributed by atoms with Crippen LogP contribution >= 0.6 is 0 Å². The number of fused-ring (bicyclic) bond motifs is 5. The van der Waals surface area contributed by atoms with Crippen molar-refractivity contribution in [2.75, 3.05) is 19.7 Å². The van der Waals surface area contributed by atoms with Gasteiger partial charge >= 0.3 is 6.09 Å². The molecule has 1 heterocycles. The molecule has 1 aliphatic heterocycles. The SMILES string of the molecule is CC[C@H]1[C@@H](O)C2[C@@H]3CC[C@H]([C@H](C)CCOC(=O)N4CCC4)C3(C)CC[C@@H]2[C@@]2(C)CC[C@@H](O)C[C@@H]12. The van der Waals surface area contributed by atoms with E-state index in [1.807, 2.05) is 0 Å². The number of amides is 1. The molecule has 0 aromatic heterocycles. The molecule has 2 unspecified atom stereocenters. The quantitative estimate of drug-likeness (QED) is 0.552. The second-order valence-electron chi connectivity index (χ2n) is 13.3.